The Morgan fingerprint density at radius 1 is 1.50 bits per heavy atom. The lowest BCUT2D eigenvalue weighted by atomic mass is 10.3. The van der Waals surface area contributed by atoms with E-state index in [1.165, 1.54) is 0 Å². The fourth-order valence-corrected chi connectivity index (χ4v) is 2.48. The molecule has 1 N–H and O–H groups in total. The molecule has 0 bridgehead atoms. The van der Waals surface area contributed by atoms with Crippen molar-refractivity contribution >= 4 is 27.1 Å². The zero-order valence-corrected chi connectivity index (χ0v) is 10.8. The molecule has 1 heterocycles. The van der Waals surface area contributed by atoms with E-state index in [9.17, 15) is 8.42 Å². The van der Waals surface area contributed by atoms with E-state index >= 15 is 0 Å². The van der Waals surface area contributed by atoms with Crippen LogP contribution in [0.2, 0.25) is 5.15 Å². The van der Waals surface area contributed by atoms with Crippen LogP contribution in [0.3, 0.4) is 0 Å². The summed E-state index contributed by atoms with van der Waals surface area (Å²) in [5.74, 6) is 0.282. The Labute approximate surface area is 101 Å². The number of rotatable bonds is 5. The Bertz CT molecular complexity index is 431. The topological polar surface area (TPSA) is 59.1 Å². The highest BCUT2D eigenvalue weighted by Crippen LogP contribution is 2.11. The Balaban J connectivity index is 2.58. The van der Waals surface area contributed by atoms with Crippen LogP contribution < -0.4 is 5.32 Å². The van der Waals surface area contributed by atoms with Gasteiger partial charge in [0.2, 0.25) is 0 Å². The monoisotopic (exact) mass is 262 g/mol. The molecule has 0 aliphatic carbocycles. The maximum absolute atomic E-state index is 11.4. The fourth-order valence-electron chi connectivity index (χ4n) is 1.29. The molecule has 0 spiro atoms. The van der Waals surface area contributed by atoms with Crippen LogP contribution in [-0.4, -0.2) is 30.9 Å². The molecular weight excluding hydrogens is 248 g/mol. The van der Waals surface area contributed by atoms with Crippen molar-refractivity contribution in [3.8, 4) is 0 Å². The summed E-state index contributed by atoms with van der Waals surface area (Å²) in [5.41, 5.74) is 0.767. The van der Waals surface area contributed by atoms with Gasteiger partial charge < -0.3 is 5.32 Å². The van der Waals surface area contributed by atoms with E-state index in [1.807, 2.05) is 6.92 Å². The summed E-state index contributed by atoms with van der Waals surface area (Å²) in [4.78, 5) is 3.90. The van der Waals surface area contributed by atoms with Gasteiger partial charge in [-0.2, -0.15) is 0 Å². The van der Waals surface area contributed by atoms with Crippen LogP contribution in [0.15, 0.2) is 18.3 Å². The van der Waals surface area contributed by atoms with Gasteiger partial charge in [-0.25, -0.2) is 13.4 Å². The number of halogens is 1. The van der Waals surface area contributed by atoms with Gasteiger partial charge in [-0.3, -0.25) is 0 Å². The second-order valence-electron chi connectivity index (χ2n) is 3.61. The summed E-state index contributed by atoms with van der Waals surface area (Å²) >= 11 is 5.64. The van der Waals surface area contributed by atoms with E-state index in [2.05, 4.69) is 10.3 Å². The third-order valence-corrected chi connectivity index (χ3v) is 4.20. The van der Waals surface area contributed by atoms with Gasteiger partial charge in [0.15, 0.2) is 9.84 Å². The molecule has 0 amide bonds. The number of hydrogen-bond acceptors (Lipinski definition) is 4. The highest BCUT2D eigenvalue weighted by molar-refractivity contribution is 7.91. The first-order chi connectivity index (χ1) is 7.43. The largest absolute Gasteiger partial charge is 0.380 e. The van der Waals surface area contributed by atoms with E-state index in [1.54, 1.807) is 25.3 Å². The van der Waals surface area contributed by atoms with E-state index in [0.29, 0.717) is 5.15 Å². The highest BCUT2D eigenvalue weighted by Gasteiger charge is 2.13. The zero-order valence-electron chi connectivity index (χ0n) is 9.27. The van der Waals surface area contributed by atoms with Gasteiger partial charge in [-0.1, -0.05) is 18.5 Å². The second kappa shape index (κ2) is 5.50. The Kier molecular flexibility index (Phi) is 4.56. The summed E-state index contributed by atoms with van der Waals surface area (Å²) < 4.78 is 22.8. The van der Waals surface area contributed by atoms with E-state index in [0.717, 1.165) is 5.69 Å². The normalized spacial score (nSPS) is 13.4. The molecule has 1 rings (SSSR count). The molecule has 90 valence electrons. The molecule has 0 aromatic carbocycles. The van der Waals surface area contributed by atoms with E-state index in [4.69, 9.17) is 11.6 Å². The smallest absolute Gasteiger partial charge is 0.152 e. The van der Waals surface area contributed by atoms with Crippen molar-refractivity contribution in [2.75, 3.05) is 16.8 Å². The first-order valence-electron chi connectivity index (χ1n) is 5.01. The van der Waals surface area contributed by atoms with Gasteiger partial charge in [0, 0.05) is 11.8 Å². The first-order valence-corrected chi connectivity index (χ1v) is 7.21. The molecule has 6 heteroatoms. The highest BCUT2D eigenvalue weighted by atomic mass is 35.5. The van der Waals surface area contributed by atoms with Crippen molar-refractivity contribution in [2.24, 2.45) is 0 Å². The molecule has 0 fully saturated rings. The number of pyridine rings is 1. The van der Waals surface area contributed by atoms with Crippen molar-refractivity contribution in [3.63, 3.8) is 0 Å². The summed E-state index contributed by atoms with van der Waals surface area (Å²) in [5, 5.41) is 3.48. The molecule has 0 saturated heterocycles. The van der Waals surface area contributed by atoms with Crippen molar-refractivity contribution in [2.45, 2.75) is 19.9 Å². The van der Waals surface area contributed by atoms with Crippen LogP contribution >= 0.6 is 11.6 Å². The first kappa shape index (κ1) is 13.3. The summed E-state index contributed by atoms with van der Waals surface area (Å²) in [6.07, 6.45) is 1.58. The van der Waals surface area contributed by atoms with Gasteiger partial charge >= 0.3 is 0 Å². The van der Waals surface area contributed by atoms with Crippen LogP contribution in [0.4, 0.5) is 5.69 Å². The molecule has 4 nitrogen and oxygen atoms in total. The molecule has 1 unspecified atom stereocenters. The Morgan fingerprint density at radius 2 is 2.19 bits per heavy atom. The van der Waals surface area contributed by atoms with Crippen molar-refractivity contribution in [1.82, 2.24) is 4.98 Å². The maximum atomic E-state index is 11.4. The molecule has 0 radical (unpaired) electrons. The van der Waals surface area contributed by atoms with Crippen LogP contribution in [-0.2, 0) is 9.84 Å². The number of hydrogen-bond donors (Lipinski definition) is 1. The summed E-state index contributed by atoms with van der Waals surface area (Å²) in [6, 6.07) is 3.28. The standard InChI is InChI=1S/C10H15ClN2O2S/c1-3-16(14,15)7-8(2)13-9-4-5-10(11)12-6-9/h4-6,8,13H,3,7H2,1-2H3. The minimum atomic E-state index is -2.96. The van der Waals surface area contributed by atoms with Crippen molar-refractivity contribution in [3.05, 3.63) is 23.5 Å². The quantitative estimate of drug-likeness (QED) is 0.825. The van der Waals surface area contributed by atoms with Crippen LogP contribution in [0.25, 0.3) is 0 Å². The summed E-state index contributed by atoms with van der Waals surface area (Å²) in [7, 11) is -2.96. The van der Waals surface area contributed by atoms with Crippen LogP contribution in [0.5, 0.6) is 0 Å². The number of aromatic nitrogens is 1. The van der Waals surface area contributed by atoms with Crippen molar-refractivity contribution in [1.29, 1.82) is 0 Å². The van der Waals surface area contributed by atoms with E-state index in [-0.39, 0.29) is 17.5 Å². The predicted molar refractivity (Wildman–Crippen MR) is 66.7 cm³/mol. The lowest BCUT2D eigenvalue weighted by molar-refractivity contribution is 0.593. The molecule has 0 aliphatic rings. The number of anilines is 1. The van der Waals surface area contributed by atoms with Crippen LogP contribution in [0.1, 0.15) is 13.8 Å². The minimum absolute atomic E-state index is 0.117. The molecule has 1 atom stereocenters. The lowest BCUT2D eigenvalue weighted by Crippen LogP contribution is -2.26. The number of sulfone groups is 1. The van der Waals surface area contributed by atoms with Gasteiger partial charge in [-0.15, -0.1) is 0 Å². The van der Waals surface area contributed by atoms with Crippen LogP contribution in [0, 0.1) is 0 Å². The SMILES string of the molecule is CCS(=O)(=O)CC(C)Nc1ccc(Cl)nc1. The fraction of sp³-hybridized carbons (Fsp3) is 0.500. The third kappa shape index (κ3) is 4.37. The zero-order chi connectivity index (χ0) is 12.2. The average Bonchev–Trinajstić information content (AvgIpc) is 2.21. The van der Waals surface area contributed by atoms with Gasteiger partial charge in [-0.05, 0) is 19.1 Å². The molecule has 1 aromatic heterocycles. The van der Waals surface area contributed by atoms with E-state index < -0.39 is 9.84 Å². The second-order valence-corrected chi connectivity index (χ2v) is 6.40. The number of nitrogens with one attached hydrogen (secondary N) is 1. The summed E-state index contributed by atoms with van der Waals surface area (Å²) in [6.45, 7) is 3.47. The molecule has 16 heavy (non-hydrogen) atoms. The van der Waals surface area contributed by atoms with Gasteiger partial charge in [0.1, 0.15) is 5.15 Å². The molecular formula is C10H15ClN2O2S. The van der Waals surface area contributed by atoms with Gasteiger partial charge in [0.05, 0.1) is 17.6 Å². The molecule has 0 aliphatic heterocycles. The third-order valence-electron chi connectivity index (χ3n) is 2.08. The maximum Gasteiger partial charge on any atom is 0.152 e. The molecule has 0 saturated carbocycles. The van der Waals surface area contributed by atoms with Crippen molar-refractivity contribution < 1.29 is 8.42 Å². The van der Waals surface area contributed by atoms with Gasteiger partial charge in [0.25, 0.3) is 0 Å². The predicted octanol–water partition coefficient (Wildman–Crippen LogP) is 1.97. The minimum Gasteiger partial charge on any atom is -0.380 e. The molecule has 1 aromatic rings. The lowest BCUT2D eigenvalue weighted by Gasteiger charge is -2.14. The Hall–Kier alpha value is -0.810. The Morgan fingerprint density at radius 3 is 2.69 bits per heavy atom. The number of nitrogens with zero attached hydrogens (tertiary/aromatic N) is 1. The average molecular weight is 263 g/mol.